The zero-order valence-electron chi connectivity index (χ0n) is 12.0. The number of oxazole rings is 1. The average Bonchev–Trinajstić information content (AvgIpc) is 2.96. The van der Waals surface area contributed by atoms with E-state index in [1.54, 1.807) is 12.3 Å². The maximum Gasteiger partial charge on any atom is 0.270 e. The van der Waals surface area contributed by atoms with E-state index in [0.717, 1.165) is 13.1 Å². The molecule has 0 aromatic carbocycles. The van der Waals surface area contributed by atoms with Crippen LogP contribution in [-0.2, 0) is 0 Å². The van der Waals surface area contributed by atoms with Crippen LogP contribution in [0.2, 0.25) is 0 Å². The number of carbonyl (C=O) groups is 1. The summed E-state index contributed by atoms with van der Waals surface area (Å²) in [6.45, 7) is 4.37. The normalized spacial score (nSPS) is 31.5. The average molecular weight is 286 g/mol. The molecule has 0 aliphatic carbocycles. The van der Waals surface area contributed by atoms with Gasteiger partial charge in [-0.1, -0.05) is 0 Å². The maximum absolute atomic E-state index is 12.4. The van der Waals surface area contributed by atoms with Gasteiger partial charge < -0.3 is 9.73 Å². The molecular weight excluding hydrogens is 268 g/mol. The van der Waals surface area contributed by atoms with Crippen LogP contribution < -0.4 is 5.32 Å². The van der Waals surface area contributed by atoms with Gasteiger partial charge in [-0.15, -0.1) is 0 Å². The second-order valence-electron chi connectivity index (χ2n) is 6.10. The Hall–Kier alpha value is -1.95. The number of fused-ring (bicyclic) bond motifs is 4. The number of piperidine rings is 3. The van der Waals surface area contributed by atoms with Gasteiger partial charge in [0.05, 0.1) is 6.20 Å². The van der Waals surface area contributed by atoms with Crippen molar-refractivity contribution in [2.45, 2.75) is 31.8 Å². The van der Waals surface area contributed by atoms with Gasteiger partial charge in [-0.05, 0) is 38.3 Å². The fourth-order valence-corrected chi connectivity index (χ4v) is 3.59. The highest BCUT2D eigenvalue weighted by Crippen LogP contribution is 2.32. The molecule has 1 amide bonds. The van der Waals surface area contributed by atoms with Gasteiger partial charge in [0.2, 0.25) is 0 Å². The smallest absolute Gasteiger partial charge is 0.270 e. The lowest BCUT2D eigenvalue weighted by atomic mass is 9.80. The number of aromatic nitrogens is 2. The van der Waals surface area contributed by atoms with Crippen molar-refractivity contribution in [1.29, 1.82) is 0 Å². The van der Waals surface area contributed by atoms with E-state index >= 15 is 0 Å². The minimum absolute atomic E-state index is 0.119. The van der Waals surface area contributed by atoms with Gasteiger partial charge in [0, 0.05) is 18.6 Å². The van der Waals surface area contributed by atoms with E-state index in [4.69, 9.17) is 4.42 Å². The fourth-order valence-electron chi connectivity index (χ4n) is 3.59. The van der Waals surface area contributed by atoms with Gasteiger partial charge in [0.1, 0.15) is 11.2 Å². The highest BCUT2D eigenvalue weighted by molar-refractivity contribution is 5.95. The Morgan fingerprint density at radius 2 is 2.38 bits per heavy atom. The zero-order chi connectivity index (χ0) is 14.4. The number of carbonyl (C=O) groups excluding carboxylic acids is 1. The quantitative estimate of drug-likeness (QED) is 0.904. The number of hydrogen-bond acceptors (Lipinski definition) is 5. The SMILES string of the molecule is CC1CC2CCN1CC2NC(=O)c1cc2ncoc2cn1. The molecular formula is C15H18N4O2. The van der Waals surface area contributed by atoms with Gasteiger partial charge in [-0.3, -0.25) is 9.69 Å². The molecule has 6 heteroatoms. The molecule has 6 nitrogen and oxygen atoms in total. The Balaban J connectivity index is 1.50. The van der Waals surface area contributed by atoms with Crippen molar-refractivity contribution in [2.75, 3.05) is 13.1 Å². The lowest BCUT2D eigenvalue weighted by Gasteiger charge is -2.48. The summed E-state index contributed by atoms with van der Waals surface area (Å²) in [5.74, 6) is 0.469. The van der Waals surface area contributed by atoms with Crippen molar-refractivity contribution < 1.29 is 9.21 Å². The summed E-state index contributed by atoms with van der Waals surface area (Å²) < 4.78 is 5.14. The molecule has 21 heavy (non-hydrogen) atoms. The molecule has 3 aliphatic heterocycles. The molecule has 4 atom stereocenters. The lowest BCUT2D eigenvalue weighted by molar-refractivity contribution is 0.0273. The zero-order valence-corrected chi connectivity index (χ0v) is 12.0. The lowest BCUT2D eigenvalue weighted by Crippen LogP contribution is -2.60. The minimum Gasteiger partial charge on any atom is -0.442 e. The van der Waals surface area contributed by atoms with Gasteiger partial charge in [-0.2, -0.15) is 0 Å². The molecule has 0 saturated carbocycles. The van der Waals surface area contributed by atoms with Crippen molar-refractivity contribution in [3.05, 3.63) is 24.4 Å². The van der Waals surface area contributed by atoms with Gasteiger partial charge in [-0.25, -0.2) is 9.97 Å². The van der Waals surface area contributed by atoms with Crippen LogP contribution >= 0.6 is 0 Å². The Labute approximate surface area is 122 Å². The largest absolute Gasteiger partial charge is 0.442 e. The van der Waals surface area contributed by atoms with Crippen LogP contribution in [0.1, 0.15) is 30.3 Å². The summed E-state index contributed by atoms with van der Waals surface area (Å²) >= 11 is 0. The first-order chi connectivity index (χ1) is 10.2. The third-order valence-electron chi connectivity index (χ3n) is 4.82. The van der Waals surface area contributed by atoms with Crippen LogP contribution in [0.15, 0.2) is 23.1 Å². The highest BCUT2D eigenvalue weighted by atomic mass is 16.3. The van der Waals surface area contributed by atoms with E-state index in [0.29, 0.717) is 28.8 Å². The summed E-state index contributed by atoms with van der Waals surface area (Å²) in [5.41, 5.74) is 1.67. The third-order valence-corrected chi connectivity index (χ3v) is 4.82. The van der Waals surface area contributed by atoms with Crippen molar-refractivity contribution in [2.24, 2.45) is 5.92 Å². The van der Waals surface area contributed by atoms with Crippen molar-refractivity contribution in [3.8, 4) is 0 Å². The molecule has 3 fully saturated rings. The molecule has 5 heterocycles. The molecule has 0 radical (unpaired) electrons. The van der Waals surface area contributed by atoms with E-state index < -0.39 is 0 Å². The summed E-state index contributed by atoms with van der Waals surface area (Å²) in [6, 6.07) is 2.55. The molecule has 2 aromatic rings. The topological polar surface area (TPSA) is 71.3 Å². The van der Waals surface area contributed by atoms with Crippen LogP contribution in [0.5, 0.6) is 0 Å². The monoisotopic (exact) mass is 286 g/mol. The maximum atomic E-state index is 12.4. The Bertz CT molecular complexity index is 683. The second-order valence-corrected chi connectivity index (χ2v) is 6.10. The van der Waals surface area contributed by atoms with Crippen LogP contribution in [0.3, 0.4) is 0 Å². The van der Waals surface area contributed by atoms with Crippen molar-refractivity contribution in [3.63, 3.8) is 0 Å². The molecule has 2 bridgehead atoms. The third kappa shape index (κ3) is 2.19. The van der Waals surface area contributed by atoms with Crippen LogP contribution in [0.25, 0.3) is 11.1 Å². The van der Waals surface area contributed by atoms with Crippen molar-refractivity contribution >= 4 is 17.0 Å². The number of rotatable bonds is 2. The number of hydrogen-bond donors (Lipinski definition) is 1. The van der Waals surface area contributed by atoms with Crippen LogP contribution in [-0.4, -0.2) is 45.9 Å². The van der Waals surface area contributed by atoms with Gasteiger partial charge >= 0.3 is 0 Å². The Morgan fingerprint density at radius 1 is 1.48 bits per heavy atom. The highest BCUT2D eigenvalue weighted by Gasteiger charge is 2.38. The fraction of sp³-hybridized carbons (Fsp3) is 0.533. The predicted octanol–water partition coefficient (Wildman–Crippen LogP) is 1.44. The molecule has 4 unspecified atom stereocenters. The van der Waals surface area contributed by atoms with E-state index in [9.17, 15) is 4.79 Å². The molecule has 2 aromatic heterocycles. The molecule has 3 saturated heterocycles. The second kappa shape index (κ2) is 4.80. The van der Waals surface area contributed by atoms with Gasteiger partial charge in [0.15, 0.2) is 12.0 Å². The van der Waals surface area contributed by atoms with E-state index in [1.165, 1.54) is 19.2 Å². The van der Waals surface area contributed by atoms with E-state index in [-0.39, 0.29) is 11.9 Å². The van der Waals surface area contributed by atoms with E-state index in [2.05, 4.69) is 27.1 Å². The van der Waals surface area contributed by atoms with Crippen LogP contribution in [0.4, 0.5) is 0 Å². The molecule has 1 N–H and O–H groups in total. The summed E-state index contributed by atoms with van der Waals surface area (Å²) in [7, 11) is 0. The first kappa shape index (κ1) is 12.8. The molecule has 0 spiro atoms. The predicted molar refractivity (Wildman–Crippen MR) is 76.8 cm³/mol. The van der Waals surface area contributed by atoms with Crippen LogP contribution in [0, 0.1) is 5.92 Å². The first-order valence-electron chi connectivity index (χ1n) is 7.45. The molecule has 5 rings (SSSR count). The number of nitrogens with zero attached hydrogens (tertiary/aromatic N) is 3. The Kier molecular flexibility index (Phi) is 2.92. The van der Waals surface area contributed by atoms with E-state index in [1.807, 2.05) is 0 Å². The molecule has 3 aliphatic rings. The summed E-state index contributed by atoms with van der Waals surface area (Å²) in [4.78, 5) is 23.1. The number of amides is 1. The summed E-state index contributed by atoms with van der Waals surface area (Å²) in [5, 5.41) is 3.14. The molecule has 110 valence electrons. The number of nitrogens with one attached hydrogen (secondary N) is 1. The minimum atomic E-state index is -0.119. The van der Waals surface area contributed by atoms with Crippen molar-refractivity contribution in [1.82, 2.24) is 20.2 Å². The standard InChI is InChI=1S/C15H18N4O2/c1-9-4-10-2-3-19(9)7-13(10)18-15(20)12-5-11-14(6-16-12)21-8-17-11/h5-6,8-10,13H,2-4,7H2,1H3,(H,18,20). The number of pyridine rings is 1. The van der Waals surface area contributed by atoms with Gasteiger partial charge in [0.25, 0.3) is 5.91 Å². The first-order valence-corrected chi connectivity index (χ1v) is 7.45. The Morgan fingerprint density at radius 3 is 3.14 bits per heavy atom. The summed E-state index contributed by atoms with van der Waals surface area (Å²) in [6.07, 6.45) is 5.25.